The molecule has 5 nitrogen and oxygen atoms in total. The molecule has 1 aromatic rings. The highest BCUT2D eigenvalue weighted by Gasteiger charge is 2.34. The van der Waals surface area contributed by atoms with E-state index in [0.717, 1.165) is 11.3 Å². The summed E-state index contributed by atoms with van der Waals surface area (Å²) < 4.78 is 37.3. The van der Waals surface area contributed by atoms with Crippen LogP contribution in [0.15, 0.2) is 24.3 Å². The van der Waals surface area contributed by atoms with E-state index in [1.807, 2.05) is 38.1 Å². The van der Waals surface area contributed by atoms with Crippen molar-refractivity contribution in [1.29, 1.82) is 0 Å². The molecule has 1 saturated heterocycles. The first-order chi connectivity index (χ1) is 9.94. The highest BCUT2D eigenvalue weighted by Crippen LogP contribution is 2.20. The maximum atomic E-state index is 12.6. The lowest BCUT2D eigenvalue weighted by Gasteiger charge is -2.37. The van der Waals surface area contributed by atoms with Gasteiger partial charge in [-0.05, 0) is 38.0 Å². The molecule has 0 aromatic heterocycles. The number of nitrogens with zero attached hydrogens (tertiary/aromatic N) is 1. The number of sulfonamides is 1. The lowest BCUT2D eigenvalue weighted by molar-refractivity contribution is 0.00640. The summed E-state index contributed by atoms with van der Waals surface area (Å²) in [5.74, 6) is 0.854. The molecule has 0 N–H and O–H groups in total. The third-order valence-corrected chi connectivity index (χ3v) is 5.77. The second-order valence-electron chi connectivity index (χ2n) is 5.48. The highest BCUT2D eigenvalue weighted by molar-refractivity contribution is 7.89. The van der Waals surface area contributed by atoms with Crippen molar-refractivity contribution >= 4 is 10.0 Å². The Balaban J connectivity index is 2.06. The van der Waals surface area contributed by atoms with E-state index < -0.39 is 10.0 Å². The summed E-state index contributed by atoms with van der Waals surface area (Å²) in [5, 5.41) is 0. The largest absolute Gasteiger partial charge is 0.497 e. The van der Waals surface area contributed by atoms with E-state index in [-0.39, 0.29) is 17.8 Å². The minimum Gasteiger partial charge on any atom is -0.497 e. The molecule has 6 heteroatoms. The summed E-state index contributed by atoms with van der Waals surface area (Å²) in [6.07, 6.45) is 0.482. The molecular formula is C15H23NO4S. The van der Waals surface area contributed by atoms with Gasteiger partial charge >= 0.3 is 0 Å². The predicted octanol–water partition coefficient (Wildman–Crippen LogP) is 1.68. The molecular weight excluding hydrogens is 290 g/mol. The zero-order valence-corrected chi connectivity index (χ0v) is 13.6. The summed E-state index contributed by atoms with van der Waals surface area (Å²) in [6, 6.07) is 7.31. The molecule has 0 bridgehead atoms. The topological polar surface area (TPSA) is 55.8 Å². The first-order valence-electron chi connectivity index (χ1n) is 7.16. The Morgan fingerprint density at radius 3 is 2.57 bits per heavy atom. The Kier molecular flexibility index (Phi) is 5.24. The van der Waals surface area contributed by atoms with Gasteiger partial charge in [-0.1, -0.05) is 12.1 Å². The molecule has 0 spiro atoms. The molecule has 0 saturated carbocycles. The molecule has 2 atom stereocenters. The van der Waals surface area contributed by atoms with Crippen molar-refractivity contribution in [3.8, 4) is 5.75 Å². The normalized spacial score (nSPS) is 24.0. The molecule has 0 amide bonds. The van der Waals surface area contributed by atoms with E-state index in [1.54, 1.807) is 11.4 Å². The Morgan fingerprint density at radius 2 is 1.95 bits per heavy atom. The van der Waals surface area contributed by atoms with Crippen LogP contribution < -0.4 is 4.74 Å². The van der Waals surface area contributed by atoms with Crippen LogP contribution in [0.1, 0.15) is 19.4 Å². The molecule has 1 aromatic carbocycles. The van der Waals surface area contributed by atoms with Crippen LogP contribution in [0.3, 0.4) is 0 Å². The van der Waals surface area contributed by atoms with Crippen molar-refractivity contribution in [2.75, 3.05) is 26.1 Å². The predicted molar refractivity (Wildman–Crippen MR) is 82.1 cm³/mol. The molecule has 2 unspecified atom stereocenters. The van der Waals surface area contributed by atoms with Crippen LogP contribution in [0.2, 0.25) is 0 Å². The number of benzene rings is 1. The van der Waals surface area contributed by atoms with E-state index >= 15 is 0 Å². The van der Waals surface area contributed by atoms with Crippen LogP contribution in [0.4, 0.5) is 0 Å². The fourth-order valence-corrected chi connectivity index (χ4v) is 4.64. The minimum absolute atomic E-state index is 0.106. The van der Waals surface area contributed by atoms with Gasteiger partial charge in [-0.15, -0.1) is 0 Å². The zero-order valence-electron chi connectivity index (χ0n) is 12.8. The average Bonchev–Trinajstić information content (AvgIpc) is 2.45. The number of morpholine rings is 1. The summed E-state index contributed by atoms with van der Waals surface area (Å²) in [6.45, 7) is 4.70. The maximum Gasteiger partial charge on any atom is 0.215 e. The maximum absolute atomic E-state index is 12.6. The zero-order chi connectivity index (χ0) is 15.5. The van der Waals surface area contributed by atoms with E-state index in [9.17, 15) is 8.42 Å². The Labute approximate surface area is 126 Å². The van der Waals surface area contributed by atoms with Crippen molar-refractivity contribution in [2.24, 2.45) is 0 Å². The molecule has 21 heavy (non-hydrogen) atoms. The first-order valence-corrected chi connectivity index (χ1v) is 8.77. The fraction of sp³-hybridized carbons (Fsp3) is 0.600. The van der Waals surface area contributed by atoms with Gasteiger partial charge in [0.05, 0.1) is 26.1 Å². The molecule has 0 aliphatic carbocycles. The minimum atomic E-state index is -3.29. The third-order valence-electron chi connectivity index (χ3n) is 3.69. The second kappa shape index (κ2) is 6.77. The monoisotopic (exact) mass is 313 g/mol. The number of hydrogen-bond acceptors (Lipinski definition) is 4. The van der Waals surface area contributed by atoms with Gasteiger partial charge in [0.2, 0.25) is 10.0 Å². The van der Waals surface area contributed by atoms with Crippen LogP contribution in [-0.4, -0.2) is 50.9 Å². The van der Waals surface area contributed by atoms with E-state index in [0.29, 0.717) is 19.6 Å². The molecule has 2 rings (SSSR count). The molecule has 1 fully saturated rings. The van der Waals surface area contributed by atoms with Crippen molar-refractivity contribution in [3.05, 3.63) is 29.8 Å². The van der Waals surface area contributed by atoms with E-state index in [4.69, 9.17) is 9.47 Å². The Bertz CT molecular complexity index is 563. The summed E-state index contributed by atoms with van der Waals surface area (Å²) in [5.41, 5.74) is 0.964. The number of rotatable bonds is 5. The van der Waals surface area contributed by atoms with Gasteiger partial charge < -0.3 is 9.47 Å². The van der Waals surface area contributed by atoms with E-state index in [2.05, 4.69) is 0 Å². The SMILES string of the molecule is COc1cccc(CCS(=O)(=O)N2C(C)COCC2C)c1. The number of aryl methyl sites for hydroxylation is 1. The van der Waals surface area contributed by atoms with Crippen LogP contribution >= 0.6 is 0 Å². The van der Waals surface area contributed by atoms with Gasteiger partial charge in [0.25, 0.3) is 0 Å². The third kappa shape index (κ3) is 3.96. The second-order valence-corrected chi connectivity index (χ2v) is 7.48. The van der Waals surface area contributed by atoms with Crippen LogP contribution in [0.5, 0.6) is 5.75 Å². The molecule has 1 aliphatic rings. The van der Waals surface area contributed by atoms with Gasteiger partial charge in [-0.25, -0.2) is 8.42 Å². The van der Waals surface area contributed by atoms with Crippen LogP contribution in [0.25, 0.3) is 0 Å². The van der Waals surface area contributed by atoms with E-state index in [1.165, 1.54) is 0 Å². The number of ether oxygens (including phenoxy) is 2. The summed E-state index contributed by atoms with van der Waals surface area (Å²) in [7, 11) is -1.68. The van der Waals surface area contributed by atoms with Crippen LogP contribution in [0, 0.1) is 0 Å². The Hall–Kier alpha value is -1.11. The lowest BCUT2D eigenvalue weighted by Crippen LogP contribution is -2.53. The van der Waals surface area contributed by atoms with Gasteiger partial charge in [0.1, 0.15) is 5.75 Å². The van der Waals surface area contributed by atoms with Gasteiger partial charge in [-0.3, -0.25) is 0 Å². The average molecular weight is 313 g/mol. The van der Waals surface area contributed by atoms with Gasteiger partial charge in [0.15, 0.2) is 0 Å². The summed E-state index contributed by atoms with van der Waals surface area (Å²) >= 11 is 0. The smallest absolute Gasteiger partial charge is 0.215 e. The quantitative estimate of drug-likeness (QED) is 0.830. The van der Waals surface area contributed by atoms with Gasteiger partial charge in [0, 0.05) is 12.1 Å². The number of methoxy groups -OCH3 is 1. The Morgan fingerprint density at radius 1 is 1.29 bits per heavy atom. The molecule has 1 heterocycles. The van der Waals surface area contributed by atoms with Crippen LogP contribution in [-0.2, 0) is 21.2 Å². The lowest BCUT2D eigenvalue weighted by atomic mass is 10.2. The standard InChI is InChI=1S/C15H23NO4S/c1-12-10-20-11-13(2)16(12)21(17,18)8-7-14-5-4-6-15(9-14)19-3/h4-6,9,12-13H,7-8,10-11H2,1-3H3. The van der Waals surface area contributed by atoms with Crippen molar-refractivity contribution in [2.45, 2.75) is 32.4 Å². The molecule has 0 radical (unpaired) electrons. The van der Waals surface area contributed by atoms with Crippen molar-refractivity contribution < 1.29 is 17.9 Å². The van der Waals surface area contributed by atoms with Crippen molar-refractivity contribution in [3.63, 3.8) is 0 Å². The highest BCUT2D eigenvalue weighted by atomic mass is 32.2. The van der Waals surface area contributed by atoms with Crippen molar-refractivity contribution in [1.82, 2.24) is 4.31 Å². The fourth-order valence-electron chi connectivity index (χ4n) is 2.72. The molecule has 118 valence electrons. The van der Waals surface area contributed by atoms with Gasteiger partial charge in [-0.2, -0.15) is 4.31 Å². The first kappa shape index (κ1) is 16.3. The summed E-state index contributed by atoms with van der Waals surface area (Å²) in [4.78, 5) is 0. The number of hydrogen-bond donors (Lipinski definition) is 0. The molecule has 1 aliphatic heterocycles.